The van der Waals surface area contributed by atoms with E-state index in [1.807, 2.05) is 13.8 Å². The molecule has 74 valence electrons. The van der Waals surface area contributed by atoms with Crippen LogP contribution in [0.15, 0.2) is 0 Å². The minimum absolute atomic E-state index is 0.0386. The van der Waals surface area contributed by atoms with Crippen molar-refractivity contribution in [2.24, 2.45) is 0 Å². The fourth-order valence-corrected chi connectivity index (χ4v) is 1.49. The predicted molar refractivity (Wildman–Crippen MR) is 49.1 cm³/mol. The van der Waals surface area contributed by atoms with Gasteiger partial charge in [0.05, 0.1) is 0 Å². The van der Waals surface area contributed by atoms with Crippen LogP contribution in [0.25, 0.3) is 0 Å². The van der Waals surface area contributed by atoms with Crippen LogP contribution in [0.5, 0.6) is 0 Å². The Balaban J connectivity index is 2.53. The lowest BCUT2D eigenvalue weighted by Crippen LogP contribution is -2.44. The molecule has 0 radical (unpaired) electrons. The molecule has 1 atom stereocenters. The highest BCUT2D eigenvalue weighted by Crippen LogP contribution is 2.16. The summed E-state index contributed by atoms with van der Waals surface area (Å²) in [7, 11) is 1.68. The minimum Gasteiger partial charge on any atom is -0.352 e. The number of hydrogen-bond donors (Lipinski definition) is 1. The SMILES string of the molecule is CC(C)NC(=O)C1CCC(=O)N1C. The van der Waals surface area contributed by atoms with E-state index in [1.165, 1.54) is 4.90 Å². The van der Waals surface area contributed by atoms with Crippen molar-refractivity contribution in [3.63, 3.8) is 0 Å². The number of likely N-dealkylation sites (N-methyl/N-ethyl adjacent to an activating group) is 1. The van der Waals surface area contributed by atoms with Gasteiger partial charge in [-0.25, -0.2) is 0 Å². The third kappa shape index (κ3) is 2.20. The van der Waals surface area contributed by atoms with Gasteiger partial charge in [-0.05, 0) is 20.3 Å². The summed E-state index contributed by atoms with van der Waals surface area (Å²) >= 11 is 0. The van der Waals surface area contributed by atoms with Crippen molar-refractivity contribution in [2.45, 2.75) is 38.8 Å². The maximum atomic E-state index is 11.5. The maximum absolute atomic E-state index is 11.5. The first kappa shape index (κ1) is 10.0. The van der Waals surface area contributed by atoms with Gasteiger partial charge in [0, 0.05) is 19.5 Å². The van der Waals surface area contributed by atoms with Gasteiger partial charge < -0.3 is 10.2 Å². The largest absolute Gasteiger partial charge is 0.352 e. The van der Waals surface area contributed by atoms with Gasteiger partial charge in [0.1, 0.15) is 6.04 Å². The topological polar surface area (TPSA) is 49.4 Å². The quantitative estimate of drug-likeness (QED) is 0.663. The van der Waals surface area contributed by atoms with E-state index in [1.54, 1.807) is 7.05 Å². The summed E-state index contributed by atoms with van der Waals surface area (Å²) in [4.78, 5) is 24.2. The van der Waals surface area contributed by atoms with E-state index in [9.17, 15) is 9.59 Å². The lowest BCUT2D eigenvalue weighted by Gasteiger charge is -2.20. The highest BCUT2D eigenvalue weighted by molar-refractivity contribution is 5.90. The average Bonchev–Trinajstić information content (AvgIpc) is 2.31. The maximum Gasteiger partial charge on any atom is 0.243 e. The zero-order chi connectivity index (χ0) is 10.0. The fourth-order valence-electron chi connectivity index (χ4n) is 1.49. The van der Waals surface area contributed by atoms with E-state index in [-0.39, 0.29) is 23.9 Å². The molecular formula is C9H16N2O2. The van der Waals surface area contributed by atoms with E-state index in [0.717, 1.165) is 0 Å². The van der Waals surface area contributed by atoms with Gasteiger partial charge in [0.2, 0.25) is 11.8 Å². The normalized spacial score (nSPS) is 22.6. The van der Waals surface area contributed by atoms with Crippen LogP contribution in [-0.2, 0) is 9.59 Å². The Hall–Kier alpha value is -1.06. The summed E-state index contributed by atoms with van der Waals surface area (Å²) in [6.45, 7) is 3.82. The van der Waals surface area contributed by atoms with Crippen molar-refractivity contribution in [1.29, 1.82) is 0 Å². The number of rotatable bonds is 2. The molecule has 4 nitrogen and oxygen atoms in total. The second kappa shape index (κ2) is 3.77. The molecule has 1 fully saturated rings. The van der Waals surface area contributed by atoms with Crippen molar-refractivity contribution in [1.82, 2.24) is 10.2 Å². The number of carbonyl (C=O) groups excluding carboxylic acids is 2. The van der Waals surface area contributed by atoms with Crippen LogP contribution in [0, 0.1) is 0 Å². The molecule has 1 aliphatic heterocycles. The highest BCUT2D eigenvalue weighted by atomic mass is 16.2. The van der Waals surface area contributed by atoms with Gasteiger partial charge in [0.25, 0.3) is 0 Å². The Morgan fingerprint density at radius 2 is 2.23 bits per heavy atom. The molecule has 0 saturated carbocycles. The van der Waals surface area contributed by atoms with Crippen LogP contribution in [0.3, 0.4) is 0 Å². The van der Waals surface area contributed by atoms with Gasteiger partial charge in [-0.1, -0.05) is 0 Å². The first-order chi connectivity index (χ1) is 6.02. The molecule has 1 aliphatic rings. The van der Waals surface area contributed by atoms with Crippen molar-refractivity contribution in [3.05, 3.63) is 0 Å². The molecule has 0 aromatic carbocycles. The zero-order valence-corrected chi connectivity index (χ0v) is 8.33. The van der Waals surface area contributed by atoms with Crippen molar-refractivity contribution >= 4 is 11.8 Å². The summed E-state index contributed by atoms with van der Waals surface area (Å²) in [5, 5.41) is 2.80. The lowest BCUT2D eigenvalue weighted by molar-refractivity contribution is -0.134. The fraction of sp³-hybridized carbons (Fsp3) is 0.778. The standard InChI is InChI=1S/C9H16N2O2/c1-6(2)10-9(13)7-4-5-8(12)11(7)3/h6-7H,4-5H2,1-3H3,(H,10,13). The van der Waals surface area contributed by atoms with E-state index in [2.05, 4.69) is 5.32 Å². The third-order valence-corrected chi connectivity index (χ3v) is 2.23. The molecule has 1 heterocycles. The van der Waals surface area contributed by atoms with Crippen LogP contribution < -0.4 is 5.32 Å². The first-order valence-electron chi connectivity index (χ1n) is 4.58. The first-order valence-corrected chi connectivity index (χ1v) is 4.58. The van der Waals surface area contributed by atoms with Crippen LogP contribution in [0.2, 0.25) is 0 Å². The average molecular weight is 184 g/mol. The van der Waals surface area contributed by atoms with Crippen molar-refractivity contribution in [3.8, 4) is 0 Å². The molecule has 0 spiro atoms. The third-order valence-electron chi connectivity index (χ3n) is 2.23. The van der Waals surface area contributed by atoms with E-state index >= 15 is 0 Å². The summed E-state index contributed by atoms with van der Waals surface area (Å²) in [5.41, 5.74) is 0. The van der Waals surface area contributed by atoms with Gasteiger partial charge in [-0.2, -0.15) is 0 Å². The molecule has 1 rings (SSSR count). The highest BCUT2D eigenvalue weighted by Gasteiger charge is 2.33. The monoisotopic (exact) mass is 184 g/mol. The Morgan fingerprint density at radius 1 is 1.62 bits per heavy atom. The molecule has 0 bridgehead atoms. The number of nitrogens with one attached hydrogen (secondary N) is 1. The number of hydrogen-bond acceptors (Lipinski definition) is 2. The van der Waals surface area contributed by atoms with Crippen molar-refractivity contribution in [2.75, 3.05) is 7.05 Å². The van der Waals surface area contributed by atoms with Gasteiger partial charge in [-0.3, -0.25) is 9.59 Å². The number of likely N-dealkylation sites (tertiary alicyclic amines) is 1. The summed E-state index contributed by atoms with van der Waals surface area (Å²) in [5.74, 6) is 0.0206. The second-order valence-electron chi connectivity index (χ2n) is 3.72. The Kier molecular flexibility index (Phi) is 2.90. The molecular weight excluding hydrogens is 168 g/mol. The van der Waals surface area contributed by atoms with Gasteiger partial charge in [0.15, 0.2) is 0 Å². The molecule has 4 heteroatoms. The second-order valence-corrected chi connectivity index (χ2v) is 3.72. The Labute approximate surface area is 78.3 Å². The molecule has 0 aromatic heterocycles. The molecule has 2 amide bonds. The molecule has 0 aromatic rings. The lowest BCUT2D eigenvalue weighted by atomic mass is 10.2. The number of amides is 2. The summed E-state index contributed by atoms with van der Waals surface area (Å²) < 4.78 is 0. The molecule has 13 heavy (non-hydrogen) atoms. The van der Waals surface area contributed by atoms with E-state index in [4.69, 9.17) is 0 Å². The molecule has 1 unspecified atom stereocenters. The van der Waals surface area contributed by atoms with Crippen LogP contribution in [0.4, 0.5) is 0 Å². The summed E-state index contributed by atoms with van der Waals surface area (Å²) in [6.07, 6.45) is 1.14. The van der Waals surface area contributed by atoms with Crippen LogP contribution in [-0.4, -0.2) is 35.8 Å². The number of carbonyl (C=O) groups is 2. The van der Waals surface area contributed by atoms with Gasteiger partial charge >= 0.3 is 0 Å². The van der Waals surface area contributed by atoms with Crippen molar-refractivity contribution < 1.29 is 9.59 Å². The Bertz CT molecular complexity index is 226. The van der Waals surface area contributed by atoms with Gasteiger partial charge in [-0.15, -0.1) is 0 Å². The molecule has 1 N–H and O–H groups in total. The predicted octanol–water partition coefficient (Wildman–Crippen LogP) is 0.132. The smallest absolute Gasteiger partial charge is 0.243 e. The molecule has 1 saturated heterocycles. The number of nitrogens with zero attached hydrogens (tertiary/aromatic N) is 1. The van der Waals surface area contributed by atoms with E-state index < -0.39 is 0 Å². The Morgan fingerprint density at radius 3 is 2.62 bits per heavy atom. The van der Waals surface area contributed by atoms with Crippen LogP contribution >= 0.6 is 0 Å². The van der Waals surface area contributed by atoms with E-state index in [0.29, 0.717) is 12.8 Å². The minimum atomic E-state index is -0.255. The van der Waals surface area contributed by atoms with Crippen LogP contribution in [0.1, 0.15) is 26.7 Å². The molecule has 0 aliphatic carbocycles. The summed E-state index contributed by atoms with van der Waals surface area (Å²) in [6, 6.07) is -0.119. The zero-order valence-electron chi connectivity index (χ0n) is 8.33.